The van der Waals surface area contributed by atoms with Gasteiger partial charge >= 0.3 is 0 Å². The van der Waals surface area contributed by atoms with Gasteiger partial charge in [-0.2, -0.15) is 0 Å². The Bertz CT molecular complexity index is 892. The second-order valence-electron chi connectivity index (χ2n) is 7.35. The standard InChI is InChI=1S/C22H26FNO4S/c23-20-8-6-18(7-9-20)16-28-17-19-10-13-24(14-11-19)22(25)12-15-29(26,27)21-4-2-1-3-5-21/h1-9,19H,10-17H2. The van der Waals surface area contributed by atoms with E-state index in [-0.39, 0.29) is 28.8 Å². The van der Waals surface area contributed by atoms with Crippen LogP contribution in [0.4, 0.5) is 4.39 Å². The lowest BCUT2D eigenvalue weighted by atomic mass is 9.97. The molecule has 2 aromatic rings. The number of hydrogen-bond acceptors (Lipinski definition) is 4. The molecule has 156 valence electrons. The second-order valence-corrected chi connectivity index (χ2v) is 9.46. The molecule has 0 aromatic heterocycles. The number of halogens is 1. The average Bonchev–Trinajstić information content (AvgIpc) is 2.75. The highest BCUT2D eigenvalue weighted by atomic mass is 32.2. The Labute approximate surface area is 171 Å². The number of rotatable bonds is 8. The van der Waals surface area contributed by atoms with Crippen LogP contribution in [0.5, 0.6) is 0 Å². The SMILES string of the molecule is O=C(CCS(=O)(=O)c1ccccc1)N1CCC(COCc2ccc(F)cc2)CC1. The molecule has 0 radical (unpaired) electrons. The molecule has 0 bridgehead atoms. The minimum atomic E-state index is -3.44. The summed E-state index contributed by atoms with van der Waals surface area (Å²) in [4.78, 5) is 14.4. The van der Waals surface area contributed by atoms with Crippen LogP contribution in [0.3, 0.4) is 0 Å². The van der Waals surface area contributed by atoms with Gasteiger partial charge in [0.05, 0.1) is 17.3 Å². The van der Waals surface area contributed by atoms with Crippen molar-refractivity contribution in [2.75, 3.05) is 25.4 Å². The van der Waals surface area contributed by atoms with Crippen molar-refractivity contribution in [3.05, 3.63) is 66.0 Å². The molecular formula is C22H26FNO4S. The van der Waals surface area contributed by atoms with Gasteiger partial charge in [-0.3, -0.25) is 4.79 Å². The summed E-state index contributed by atoms with van der Waals surface area (Å²) in [5, 5.41) is 0. The number of benzene rings is 2. The number of carbonyl (C=O) groups excluding carboxylic acids is 1. The van der Waals surface area contributed by atoms with Crippen molar-refractivity contribution >= 4 is 15.7 Å². The first-order valence-electron chi connectivity index (χ1n) is 9.82. The zero-order chi connectivity index (χ0) is 20.7. The molecule has 0 N–H and O–H groups in total. The van der Waals surface area contributed by atoms with Crippen LogP contribution in [-0.4, -0.2) is 44.7 Å². The second kappa shape index (κ2) is 9.98. The van der Waals surface area contributed by atoms with Crippen molar-refractivity contribution in [3.8, 4) is 0 Å². The Balaban J connectivity index is 1.37. The van der Waals surface area contributed by atoms with Crippen molar-refractivity contribution in [1.82, 2.24) is 4.90 Å². The summed E-state index contributed by atoms with van der Waals surface area (Å²) in [7, 11) is -3.44. The minimum absolute atomic E-state index is 0.00294. The van der Waals surface area contributed by atoms with Crippen molar-refractivity contribution in [3.63, 3.8) is 0 Å². The van der Waals surface area contributed by atoms with Crippen LogP contribution in [0, 0.1) is 11.7 Å². The van der Waals surface area contributed by atoms with E-state index in [9.17, 15) is 17.6 Å². The van der Waals surface area contributed by atoms with E-state index >= 15 is 0 Å². The number of likely N-dealkylation sites (tertiary alicyclic amines) is 1. The summed E-state index contributed by atoms with van der Waals surface area (Å²) in [6.07, 6.45) is 1.67. The fourth-order valence-corrected chi connectivity index (χ4v) is 4.65. The highest BCUT2D eigenvalue weighted by Crippen LogP contribution is 2.20. The van der Waals surface area contributed by atoms with Gasteiger partial charge in [0, 0.05) is 26.1 Å². The predicted octanol–water partition coefficient (Wildman–Crippen LogP) is 3.44. The van der Waals surface area contributed by atoms with Crippen LogP contribution >= 0.6 is 0 Å². The summed E-state index contributed by atoms with van der Waals surface area (Å²) in [6.45, 7) is 2.28. The maximum Gasteiger partial charge on any atom is 0.223 e. The number of carbonyl (C=O) groups is 1. The molecule has 1 heterocycles. The van der Waals surface area contributed by atoms with Crippen LogP contribution in [0.2, 0.25) is 0 Å². The Morgan fingerprint density at radius 2 is 1.69 bits per heavy atom. The van der Waals surface area contributed by atoms with Crippen molar-refractivity contribution < 1.29 is 22.3 Å². The molecule has 2 aromatic carbocycles. The Morgan fingerprint density at radius 1 is 1.03 bits per heavy atom. The van der Waals surface area contributed by atoms with Crippen molar-refractivity contribution in [1.29, 1.82) is 0 Å². The van der Waals surface area contributed by atoms with Crippen LogP contribution in [0.25, 0.3) is 0 Å². The number of nitrogens with zero attached hydrogens (tertiary/aromatic N) is 1. The van der Waals surface area contributed by atoms with E-state index in [0.29, 0.717) is 32.2 Å². The lowest BCUT2D eigenvalue weighted by molar-refractivity contribution is -0.132. The molecule has 0 saturated carbocycles. The average molecular weight is 420 g/mol. The van der Waals surface area contributed by atoms with Crippen molar-refractivity contribution in [2.45, 2.75) is 30.8 Å². The maximum absolute atomic E-state index is 12.9. The largest absolute Gasteiger partial charge is 0.376 e. The molecular weight excluding hydrogens is 393 g/mol. The number of hydrogen-bond donors (Lipinski definition) is 0. The van der Waals surface area contributed by atoms with Gasteiger partial charge in [0.25, 0.3) is 0 Å². The summed E-state index contributed by atoms with van der Waals surface area (Å²) in [5.74, 6) is -0.179. The molecule has 29 heavy (non-hydrogen) atoms. The van der Waals surface area contributed by atoms with Gasteiger partial charge in [-0.15, -0.1) is 0 Å². The molecule has 0 unspecified atom stereocenters. The first-order valence-corrected chi connectivity index (χ1v) is 11.5. The third-order valence-corrected chi connectivity index (χ3v) is 6.92. The molecule has 1 saturated heterocycles. The van der Waals surface area contributed by atoms with E-state index in [2.05, 4.69) is 0 Å². The van der Waals surface area contributed by atoms with Gasteiger partial charge in [-0.25, -0.2) is 12.8 Å². The molecule has 0 spiro atoms. The molecule has 0 aliphatic carbocycles. The van der Waals surface area contributed by atoms with E-state index < -0.39 is 9.84 Å². The molecule has 5 nitrogen and oxygen atoms in total. The zero-order valence-corrected chi connectivity index (χ0v) is 17.1. The molecule has 1 fully saturated rings. The van der Waals surface area contributed by atoms with Crippen molar-refractivity contribution in [2.24, 2.45) is 5.92 Å². The van der Waals surface area contributed by atoms with Crippen LogP contribution in [0.15, 0.2) is 59.5 Å². The number of amides is 1. The number of piperidine rings is 1. The summed E-state index contributed by atoms with van der Waals surface area (Å²) in [5.41, 5.74) is 0.929. The predicted molar refractivity (Wildman–Crippen MR) is 108 cm³/mol. The van der Waals surface area contributed by atoms with Gasteiger partial charge in [0.15, 0.2) is 9.84 Å². The van der Waals surface area contributed by atoms with Gasteiger partial charge in [-0.1, -0.05) is 30.3 Å². The smallest absolute Gasteiger partial charge is 0.223 e. The summed E-state index contributed by atoms with van der Waals surface area (Å²) >= 11 is 0. The van der Waals surface area contributed by atoms with Crippen LogP contribution in [0.1, 0.15) is 24.8 Å². The summed E-state index contributed by atoms with van der Waals surface area (Å²) < 4.78 is 43.3. The Kier molecular flexibility index (Phi) is 7.39. The fraction of sp³-hybridized carbons (Fsp3) is 0.409. The van der Waals surface area contributed by atoms with Crippen LogP contribution in [-0.2, 0) is 26.0 Å². The fourth-order valence-electron chi connectivity index (χ4n) is 3.40. The quantitative estimate of drug-likeness (QED) is 0.658. The van der Waals surface area contributed by atoms with Gasteiger partial charge in [-0.05, 0) is 48.6 Å². The van der Waals surface area contributed by atoms with E-state index in [0.717, 1.165) is 18.4 Å². The number of ether oxygens (including phenoxy) is 1. The lowest BCUT2D eigenvalue weighted by Crippen LogP contribution is -2.40. The highest BCUT2D eigenvalue weighted by molar-refractivity contribution is 7.91. The zero-order valence-electron chi connectivity index (χ0n) is 16.3. The minimum Gasteiger partial charge on any atom is -0.376 e. The molecule has 3 rings (SSSR count). The topological polar surface area (TPSA) is 63.7 Å². The van der Waals surface area contributed by atoms with Gasteiger partial charge in [0.2, 0.25) is 5.91 Å². The van der Waals surface area contributed by atoms with E-state index in [4.69, 9.17) is 4.74 Å². The third-order valence-electron chi connectivity index (χ3n) is 5.19. The van der Waals surface area contributed by atoms with Crippen LogP contribution < -0.4 is 0 Å². The summed E-state index contributed by atoms with van der Waals surface area (Å²) in [6, 6.07) is 14.5. The van der Waals surface area contributed by atoms with E-state index in [1.807, 2.05) is 0 Å². The molecule has 0 atom stereocenters. The third kappa shape index (κ3) is 6.37. The maximum atomic E-state index is 12.9. The van der Waals surface area contributed by atoms with Gasteiger partial charge < -0.3 is 9.64 Å². The number of sulfone groups is 1. The molecule has 7 heteroatoms. The Hall–Kier alpha value is -2.25. The molecule has 1 amide bonds. The van der Waals surface area contributed by atoms with E-state index in [1.165, 1.54) is 12.1 Å². The highest BCUT2D eigenvalue weighted by Gasteiger charge is 2.24. The monoisotopic (exact) mass is 419 g/mol. The normalized spacial score (nSPS) is 15.4. The lowest BCUT2D eigenvalue weighted by Gasteiger charge is -2.32. The van der Waals surface area contributed by atoms with Gasteiger partial charge in [0.1, 0.15) is 5.82 Å². The van der Waals surface area contributed by atoms with E-state index in [1.54, 1.807) is 47.4 Å². The first kappa shape index (κ1) is 21.5. The first-order chi connectivity index (χ1) is 13.9. The Morgan fingerprint density at radius 3 is 2.34 bits per heavy atom. The molecule has 1 aliphatic heterocycles. The molecule has 1 aliphatic rings.